The van der Waals surface area contributed by atoms with Crippen molar-refractivity contribution in [3.8, 4) is 5.75 Å². The zero-order chi connectivity index (χ0) is 14.5. The second-order valence-corrected chi connectivity index (χ2v) is 5.12. The van der Waals surface area contributed by atoms with Gasteiger partial charge < -0.3 is 15.4 Å². The van der Waals surface area contributed by atoms with Gasteiger partial charge in [0.1, 0.15) is 11.6 Å². The number of ether oxygens (including phenoxy) is 1. The summed E-state index contributed by atoms with van der Waals surface area (Å²) in [7, 11) is 1.70. The lowest BCUT2D eigenvalue weighted by molar-refractivity contribution is 0.420. The molecule has 4 nitrogen and oxygen atoms in total. The molecule has 0 fully saturated rings. The van der Waals surface area contributed by atoms with Gasteiger partial charge in [0, 0.05) is 29.6 Å². The molecule has 0 aliphatic carbocycles. The van der Waals surface area contributed by atoms with Crippen LogP contribution in [0.2, 0.25) is 0 Å². The largest absolute Gasteiger partial charge is 0.496 e. The first-order chi connectivity index (χ1) is 9.69. The van der Waals surface area contributed by atoms with E-state index in [1.54, 1.807) is 7.11 Å². The van der Waals surface area contributed by atoms with Crippen molar-refractivity contribution in [2.75, 3.05) is 25.1 Å². The van der Waals surface area contributed by atoms with Crippen LogP contribution >= 0.6 is 0 Å². The molecule has 20 heavy (non-hydrogen) atoms. The third kappa shape index (κ3) is 2.85. The van der Waals surface area contributed by atoms with E-state index in [1.807, 2.05) is 24.4 Å². The van der Waals surface area contributed by atoms with Crippen molar-refractivity contribution in [3.05, 3.63) is 30.5 Å². The number of nitrogens with two attached hydrogens (primary N) is 1. The Morgan fingerprint density at radius 1 is 1.25 bits per heavy atom. The van der Waals surface area contributed by atoms with E-state index in [0.717, 1.165) is 35.3 Å². The highest BCUT2D eigenvalue weighted by molar-refractivity contribution is 5.96. The Morgan fingerprint density at radius 2 is 2.05 bits per heavy atom. The van der Waals surface area contributed by atoms with Crippen molar-refractivity contribution in [1.29, 1.82) is 0 Å². The number of pyridine rings is 1. The highest BCUT2D eigenvalue weighted by Gasteiger charge is 2.15. The first-order valence-electron chi connectivity index (χ1n) is 7.07. The minimum Gasteiger partial charge on any atom is -0.496 e. The Bertz CT molecular complexity index is 569. The SMILES string of the molecule is COc1cccc2c(N(CCCN)C(C)C)nccc12. The van der Waals surface area contributed by atoms with E-state index in [4.69, 9.17) is 10.5 Å². The number of aromatic nitrogens is 1. The normalized spacial score (nSPS) is 11.1. The number of methoxy groups -OCH3 is 1. The first-order valence-corrected chi connectivity index (χ1v) is 7.07. The summed E-state index contributed by atoms with van der Waals surface area (Å²) in [5.41, 5.74) is 5.65. The standard InChI is InChI=1S/C16H23N3O/c1-12(2)19(11-5-9-17)16-14-6-4-7-15(20-3)13(14)8-10-18-16/h4,6-8,10,12H,5,9,11,17H2,1-3H3. The average Bonchev–Trinajstić information content (AvgIpc) is 2.46. The van der Waals surface area contributed by atoms with E-state index in [1.165, 1.54) is 0 Å². The molecule has 0 amide bonds. The number of rotatable bonds is 6. The summed E-state index contributed by atoms with van der Waals surface area (Å²) in [5, 5.41) is 2.22. The first kappa shape index (κ1) is 14.6. The maximum atomic E-state index is 5.65. The van der Waals surface area contributed by atoms with Crippen LogP contribution in [0.3, 0.4) is 0 Å². The van der Waals surface area contributed by atoms with Crippen LogP contribution in [0, 0.1) is 0 Å². The Kier molecular flexibility index (Phi) is 4.79. The van der Waals surface area contributed by atoms with Crippen molar-refractivity contribution in [3.63, 3.8) is 0 Å². The van der Waals surface area contributed by atoms with Gasteiger partial charge in [0.05, 0.1) is 7.11 Å². The molecule has 0 bridgehead atoms. The fraction of sp³-hybridized carbons (Fsp3) is 0.438. The molecule has 0 radical (unpaired) electrons. The number of nitrogens with zero attached hydrogens (tertiary/aromatic N) is 2. The summed E-state index contributed by atoms with van der Waals surface area (Å²) in [6, 6.07) is 8.46. The summed E-state index contributed by atoms with van der Waals surface area (Å²) in [6.45, 7) is 5.96. The minimum absolute atomic E-state index is 0.380. The maximum Gasteiger partial charge on any atom is 0.136 e. The summed E-state index contributed by atoms with van der Waals surface area (Å²) < 4.78 is 5.44. The Labute approximate surface area is 120 Å². The fourth-order valence-corrected chi connectivity index (χ4v) is 2.44. The Hall–Kier alpha value is -1.81. The lowest BCUT2D eigenvalue weighted by Gasteiger charge is -2.29. The van der Waals surface area contributed by atoms with E-state index in [2.05, 4.69) is 29.8 Å². The van der Waals surface area contributed by atoms with Crippen LogP contribution in [-0.2, 0) is 0 Å². The molecule has 0 atom stereocenters. The van der Waals surface area contributed by atoms with E-state index in [9.17, 15) is 0 Å². The van der Waals surface area contributed by atoms with Gasteiger partial charge in [0.25, 0.3) is 0 Å². The van der Waals surface area contributed by atoms with Gasteiger partial charge in [-0.15, -0.1) is 0 Å². The van der Waals surface area contributed by atoms with Crippen LogP contribution in [0.5, 0.6) is 5.75 Å². The zero-order valence-electron chi connectivity index (χ0n) is 12.5. The number of benzene rings is 1. The predicted octanol–water partition coefficient (Wildman–Crippen LogP) is 2.81. The van der Waals surface area contributed by atoms with Crippen molar-refractivity contribution >= 4 is 16.6 Å². The lowest BCUT2D eigenvalue weighted by atomic mass is 10.1. The van der Waals surface area contributed by atoms with Gasteiger partial charge in [-0.05, 0) is 38.9 Å². The monoisotopic (exact) mass is 273 g/mol. The molecule has 4 heteroatoms. The van der Waals surface area contributed by atoms with Gasteiger partial charge in [-0.1, -0.05) is 12.1 Å². The smallest absolute Gasteiger partial charge is 0.136 e. The summed E-state index contributed by atoms with van der Waals surface area (Å²) >= 11 is 0. The molecule has 0 saturated carbocycles. The van der Waals surface area contributed by atoms with E-state index < -0.39 is 0 Å². The van der Waals surface area contributed by atoms with Gasteiger partial charge >= 0.3 is 0 Å². The van der Waals surface area contributed by atoms with Crippen LogP contribution in [0.15, 0.2) is 30.5 Å². The van der Waals surface area contributed by atoms with Crippen molar-refractivity contribution in [1.82, 2.24) is 4.98 Å². The molecule has 1 heterocycles. The average molecular weight is 273 g/mol. The molecule has 108 valence electrons. The van der Waals surface area contributed by atoms with Gasteiger partial charge in [0.2, 0.25) is 0 Å². The van der Waals surface area contributed by atoms with Crippen molar-refractivity contribution in [2.24, 2.45) is 5.73 Å². The van der Waals surface area contributed by atoms with E-state index in [-0.39, 0.29) is 0 Å². The second kappa shape index (κ2) is 6.57. The minimum atomic E-state index is 0.380. The molecule has 2 rings (SSSR count). The molecule has 2 N–H and O–H groups in total. The van der Waals surface area contributed by atoms with Crippen molar-refractivity contribution < 1.29 is 4.74 Å². The maximum absolute atomic E-state index is 5.65. The quantitative estimate of drug-likeness (QED) is 0.879. The third-order valence-electron chi connectivity index (χ3n) is 3.46. The molecule has 1 aromatic heterocycles. The topological polar surface area (TPSA) is 51.4 Å². The van der Waals surface area contributed by atoms with Crippen molar-refractivity contribution in [2.45, 2.75) is 26.3 Å². The highest BCUT2D eigenvalue weighted by atomic mass is 16.5. The number of hydrogen-bond acceptors (Lipinski definition) is 4. The highest BCUT2D eigenvalue weighted by Crippen LogP contribution is 2.31. The molecule has 0 saturated heterocycles. The van der Waals surface area contributed by atoms with E-state index >= 15 is 0 Å². The van der Waals surface area contributed by atoms with Crippen LogP contribution in [0.25, 0.3) is 10.8 Å². The zero-order valence-corrected chi connectivity index (χ0v) is 12.5. The molecule has 0 spiro atoms. The van der Waals surface area contributed by atoms with Crippen LogP contribution < -0.4 is 15.4 Å². The fourth-order valence-electron chi connectivity index (χ4n) is 2.44. The van der Waals surface area contributed by atoms with Gasteiger partial charge in [-0.25, -0.2) is 4.98 Å². The summed E-state index contributed by atoms with van der Waals surface area (Å²) in [6.07, 6.45) is 2.80. The molecule has 0 aliphatic heterocycles. The summed E-state index contributed by atoms with van der Waals surface area (Å²) in [4.78, 5) is 6.89. The summed E-state index contributed by atoms with van der Waals surface area (Å²) in [5.74, 6) is 1.89. The van der Waals surface area contributed by atoms with Gasteiger partial charge in [0.15, 0.2) is 0 Å². The predicted molar refractivity (Wildman–Crippen MR) is 84.4 cm³/mol. The van der Waals surface area contributed by atoms with Crippen LogP contribution in [-0.4, -0.2) is 31.2 Å². The molecule has 0 unspecified atom stereocenters. The van der Waals surface area contributed by atoms with Crippen LogP contribution in [0.4, 0.5) is 5.82 Å². The number of anilines is 1. The number of hydrogen-bond donors (Lipinski definition) is 1. The molecule has 2 aromatic rings. The van der Waals surface area contributed by atoms with Gasteiger partial charge in [-0.2, -0.15) is 0 Å². The second-order valence-electron chi connectivity index (χ2n) is 5.12. The lowest BCUT2D eigenvalue weighted by Crippen LogP contribution is -2.33. The van der Waals surface area contributed by atoms with Gasteiger partial charge in [-0.3, -0.25) is 0 Å². The Morgan fingerprint density at radius 3 is 2.70 bits per heavy atom. The van der Waals surface area contributed by atoms with E-state index in [0.29, 0.717) is 12.6 Å². The Balaban J connectivity index is 2.52. The molecule has 0 aliphatic rings. The third-order valence-corrected chi connectivity index (χ3v) is 3.46. The molecule has 1 aromatic carbocycles. The van der Waals surface area contributed by atoms with Crippen LogP contribution in [0.1, 0.15) is 20.3 Å². The molecular weight excluding hydrogens is 250 g/mol. The number of fused-ring (bicyclic) bond motifs is 1. The molecular formula is C16H23N3O.